The molecule has 0 radical (unpaired) electrons. The van der Waals surface area contributed by atoms with Crippen LogP contribution in [0.4, 0.5) is 19.2 Å². The number of ketones is 4. The number of hydrogen-bond donors (Lipinski definition) is 6. The van der Waals surface area contributed by atoms with Gasteiger partial charge in [0, 0.05) is 70.4 Å². The van der Waals surface area contributed by atoms with Crippen LogP contribution < -0.4 is 21.3 Å². The van der Waals surface area contributed by atoms with Crippen LogP contribution in [0.15, 0.2) is 346 Å². The third-order valence-electron chi connectivity index (χ3n) is 19.7. The number of H-pyrrole nitrogens is 2. The second kappa shape index (κ2) is 47.2. The maximum Gasteiger partial charge on any atom is 0.408 e. The van der Waals surface area contributed by atoms with Crippen LogP contribution in [0.25, 0.3) is 21.8 Å². The van der Waals surface area contributed by atoms with Gasteiger partial charge in [-0.3, -0.25) is 19.2 Å². The Kier molecular flexibility index (Phi) is 34.0. The molecule has 638 valence electrons. The van der Waals surface area contributed by atoms with Gasteiger partial charge < -0.3 is 64.4 Å². The van der Waals surface area contributed by atoms with Gasteiger partial charge in [-0.1, -0.05) is 285 Å². The number of Topliss-reactive ketones (excluding diaryl/α,β-unsaturated/α-hetero) is 4. The maximum atomic E-state index is 13.4. The van der Waals surface area contributed by atoms with Gasteiger partial charge in [0.1, 0.15) is 38.5 Å². The average Bonchev–Trinajstić information content (AvgIpc) is 1.64. The van der Waals surface area contributed by atoms with Gasteiger partial charge in [-0.05, 0) is 105 Å². The lowest BCUT2D eigenvalue weighted by atomic mass is 9.97. The number of alkyl carbamates (subject to hydrolysis) is 4. The number of hydrogen-bond acceptors (Lipinski definition) is 18. The van der Waals surface area contributed by atoms with Crippen molar-refractivity contribution >= 4 is 87.2 Å². The number of rotatable bonds is 31. The number of aromatic nitrogens is 2. The van der Waals surface area contributed by atoms with Gasteiger partial charge in [-0.2, -0.15) is 0 Å². The van der Waals surface area contributed by atoms with Gasteiger partial charge in [0.25, 0.3) is 0 Å². The SMILES string of the molecule is COC(=O)c1ccc(C(=O)C(Cc2cc3ccccc3[nH]2)NC(=O)OCc2ccccc2)cc1.COC(=O)c1ccc(C(=O)C(Cc2ccccc2)NC(=O)OCc2ccccc2)cc1.COC(=O)c1cccc(C(=O)C(Cc2cc3ccccc3[nH]2)NC(=O)OCc2ccccc2)c1.O=C(N[C@@H](Cc1ccccc1)C(=O)c1ccccc1)OCc1ccccc1. The van der Waals surface area contributed by atoms with Crippen molar-refractivity contribution in [2.45, 2.75) is 76.3 Å². The Morgan fingerprint density at radius 3 is 0.786 bits per heavy atom. The molecular weight excluding hydrogens is 1600 g/mol. The molecule has 14 aromatic rings. The number of esters is 3. The Bertz CT molecular complexity index is 5880. The van der Waals surface area contributed by atoms with Crippen molar-refractivity contribution < 1.29 is 85.9 Å². The van der Waals surface area contributed by atoms with E-state index in [1.54, 1.807) is 66.7 Å². The lowest BCUT2D eigenvalue weighted by molar-refractivity contribution is 0.0591. The van der Waals surface area contributed by atoms with E-state index in [-0.39, 0.29) is 73.5 Å². The fourth-order valence-corrected chi connectivity index (χ4v) is 13.2. The fourth-order valence-electron chi connectivity index (χ4n) is 13.2. The van der Waals surface area contributed by atoms with Gasteiger partial charge in [0.15, 0.2) is 23.1 Å². The molecule has 4 atom stereocenters. The average molecular weight is 1690 g/mol. The molecule has 0 aliphatic heterocycles. The van der Waals surface area contributed by atoms with E-state index in [1.165, 1.54) is 51.7 Å². The molecule has 0 bridgehead atoms. The van der Waals surface area contributed by atoms with Gasteiger partial charge >= 0.3 is 42.3 Å². The van der Waals surface area contributed by atoms with E-state index in [1.807, 2.05) is 249 Å². The van der Waals surface area contributed by atoms with Crippen molar-refractivity contribution in [1.82, 2.24) is 31.2 Å². The largest absolute Gasteiger partial charge is 0.465 e. The van der Waals surface area contributed by atoms with Crippen LogP contribution in [0.1, 0.15) is 117 Å². The zero-order valence-electron chi connectivity index (χ0n) is 69.2. The lowest BCUT2D eigenvalue weighted by Crippen LogP contribution is -2.42. The molecular formula is C102H92N6O18. The third kappa shape index (κ3) is 28.0. The molecule has 126 heavy (non-hydrogen) atoms. The van der Waals surface area contributed by atoms with Crippen LogP contribution in [0.2, 0.25) is 0 Å². The smallest absolute Gasteiger partial charge is 0.408 e. The first kappa shape index (κ1) is 90.7. The molecule has 0 saturated heterocycles. The highest BCUT2D eigenvalue weighted by Crippen LogP contribution is 2.23. The van der Waals surface area contributed by atoms with Crippen LogP contribution in [0.5, 0.6) is 0 Å². The molecule has 6 N–H and O–H groups in total. The summed E-state index contributed by atoms with van der Waals surface area (Å²) < 4.78 is 35.4. The van der Waals surface area contributed by atoms with Gasteiger partial charge in [-0.25, -0.2) is 33.6 Å². The van der Waals surface area contributed by atoms with Crippen LogP contribution >= 0.6 is 0 Å². The van der Waals surface area contributed by atoms with Gasteiger partial charge in [0.05, 0.1) is 50.1 Å². The standard InChI is InChI=1S/2C27H24N2O5.C25H23NO5.C23H21NO3/c1-33-26(31)21-12-7-11-20(14-21)25(30)24(16-22-15-19-10-5-6-13-23(19)28-22)29-27(32)34-17-18-8-3-2-4-9-18;1-33-26(31)20-13-11-19(12-14-20)25(30)24(16-22-15-21-9-5-6-10-23(21)28-22)29-27(32)34-17-18-7-3-2-4-8-18;1-30-24(28)21-14-12-20(13-15-21)23(27)22(16-18-8-4-2-5-9-18)26-25(29)31-17-19-10-6-3-7-11-19;25-22(20-14-8-3-9-15-20)21(16-18-10-4-1-5-11-18)24-23(26)27-17-19-12-6-2-7-13-19/h2*2-15,24,28H,16-17H2,1H3,(H,29,32);2-15,22H,16-17H2,1H3,(H,26,29);1-15,21H,16-17H2,(H,24,26)/t;;;21-/m...0/s1. The number of ether oxygens (including phenoxy) is 7. The van der Waals surface area contributed by atoms with Crippen LogP contribution in [0, 0.1) is 0 Å². The van der Waals surface area contributed by atoms with E-state index in [2.05, 4.69) is 36.0 Å². The number of amides is 4. The van der Waals surface area contributed by atoms with Crippen LogP contribution in [-0.2, 0) is 85.3 Å². The maximum absolute atomic E-state index is 13.4. The molecule has 0 spiro atoms. The number of fused-ring (bicyclic) bond motifs is 2. The van der Waals surface area contributed by atoms with Crippen LogP contribution in [0.3, 0.4) is 0 Å². The molecule has 24 nitrogen and oxygen atoms in total. The minimum atomic E-state index is -0.913. The molecule has 24 heteroatoms. The minimum Gasteiger partial charge on any atom is -0.465 e. The Morgan fingerprint density at radius 1 is 0.238 bits per heavy atom. The summed E-state index contributed by atoms with van der Waals surface area (Å²) >= 11 is 0. The molecule has 2 heterocycles. The summed E-state index contributed by atoms with van der Waals surface area (Å²) in [5, 5.41) is 12.8. The van der Waals surface area contributed by atoms with Crippen molar-refractivity contribution in [3.63, 3.8) is 0 Å². The first-order valence-corrected chi connectivity index (χ1v) is 40.2. The molecule has 14 rings (SSSR count). The molecule has 12 aromatic carbocycles. The number of carbonyl (C=O) groups is 11. The second-order valence-corrected chi connectivity index (χ2v) is 28.6. The number of aromatic amines is 2. The van der Waals surface area contributed by atoms with Crippen molar-refractivity contribution in [2.24, 2.45) is 0 Å². The number of carbonyl (C=O) groups excluding carboxylic acids is 11. The molecule has 2 aromatic heterocycles. The summed E-state index contributed by atoms with van der Waals surface area (Å²) in [6.07, 6.45) is -1.52. The summed E-state index contributed by atoms with van der Waals surface area (Å²) in [6.45, 7) is 0.433. The first-order valence-electron chi connectivity index (χ1n) is 40.2. The topological polar surface area (TPSA) is 332 Å². The summed E-state index contributed by atoms with van der Waals surface area (Å²) in [4.78, 5) is 144. The molecule has 3 unspecified atom stereocenters. The number of benzene rings is 12. The molecule has 0 saturated carbocycles. The molecule has 4 amide bonds. The predicted octanol–water partition coefficient (Wildman–Crippen LogP) is 18.0. The summed E-state index contributed by atoms with van der Waals surface area (Å²) in [7, 11) is 3.87. The monoisotopic (exact) mass is 1690 g/mol. The first-order chi connectivity index (χ1) is 61.3. The Balaban J connectivity index is 0.000000164. The van der Waals surface area contributed by atoms with E-state index < -0.39 is 66.4 Å². The highest BCUT2D eigenvalue weighted by atomic mass is 16.6. The lowest BCUT2D eigenvalue weighted by Gasteiger charge is -2.18. The minimum absolute atomic E-state index is 0.0811. The highest BCUT2D eigenvalue weighted by molar-refractivity contribution is 6.05. The second-order valence-electron chi connectivity index (χ2n) is 28.6. The van der Waals surface area contributed by atoms with Crippen molar-refractivity contribution in [2.75, 3.05) is 21.3 Å². The molecule has 0 aliphatic carbocycles. The Labute approximate surface area is 727 Å². The van der Waals surface area contributed by atoms with E-state index in [9.17, 15) is 52.7 Å². The summed E-state index contributed by atoms with van der Waals surface area (Å²) in [5.41, 5.74) is 11.2. The number of methoxy groups -OCH3 is 3. The zero-order chi connectivity index (χ0) is 88.8. The summed E-state index contributed by atoms with van der Waals surface area (Å²) in [5.74, 6) is -2.59. The number of para-hydroxylation sites is 2. The van der Waals surface area contributed by atoms with E-state index >= 15 is 0 Å². The molecule has 0 fully saturated rings. The van der Waals surface area contributed by atoms with E-state index in [0.717, 1.165) is 66.6 Å². The predicted molar refractivity (Wildman–Crippen MR) is 476 cm³/mol. The third-order valence-corrected chi connectivity index (χ3v) is 19.7. The Hall–Kier alpha value is -16.1. The zero-order valence-corrected chi connectivity index (χ0v) is 69.2. The quantitative estimate of drug-likeness (QED) is 0.0134. The Morgan fingerprint density at radius 2 is 0.476 bits per heavy atom. The van der Waals surface area contributed by atoms with Crippen LogP contribution in [-0.4, -0.2) is 121 Å². The van der Waals surface area contributed by atoms with Gasteiger partial charge in [0.2, 0.25) is 0 Å². The van der Waals surface area contributed by atoms with Crippen molar-refractivity contribution in [3.8, 4) is 0 Å². The fraction of sp³-hybridized carbons (Fsp3) is 0.147. The highest BCUT2D eigenvalue weighted by Gasteiger charge is 2.29. The van der Waals surface area contributed by atoms with E-state index in [0.29, 0.717) is 40.7 Å². The summed E-state index contributed by atoms with van der Waals surface area (Å²) in [6, 6.07) is 99.9. The number of nitrogens with one attached hydrogen (secondary N) is 6. The van der Waals surface area contributed by atoms with E-state index in [4.69, 9.17) is 28.4 Å². The van der Waals surface area contributed by atoms with Crippen molar-refractivity contribution in [1.29, 1.82) is 0 Å². The van der Waals surface area contributed by atoms with Gasteiger partial charge in [-0.15, -0.1) is 0 Å². The van der Waals surface area contributed by atoms with Crippen molar-refractivity contribution in [3.05, 3.63) is 429 Å². The normalized spacial score (nSPS) is 11.5. The molecule has 0 aliphatic rings.